The van der Waals surface area contributed by atoms with E-state index in [2.05, 4.69) is 11.9 Å². The first kappa shape index (κ1) is 17.0. The molecule has 2 rings (SSSR count). The number of hydrogen-bond donors (Lipinski definition) is 2. The number of nitrogens with one attached hydrogen (secondary N) is 1. The molecule has 7 heteroatoms. The number of furan rings is 1. The quantitative estimate of drug-likeness (QED) is 0.762. The van der Waals surface area contributed by atoms with Crippen LogP contribution in [0.25, 0.3) is 0 Å². The fourth-order valence-corrected chi connectivity index (χ4v) is 3.07. The molecule has 2 aromatic rings. The number of aliphatic hydroxyl groups is 1. The Hall–Kier alpha value is -2.38. The Bertz CT molecular complexity index is 691. The highest BCUT2D eigenvalue weighted by Gasteiger charge is 2.20. The van der Waals surface area contributed by atoms with Crippen LogP contribution < -0.4 is 5.32 Å². The number of aryl methyl sites for hydroxylation is 1. The molecule has 0 saturated carbocycles. The van der Waals surface area contributed by atoms with Crippen LogP contribution in [0.2, 0.25) is 0 Å². The van der Waals surface area contributed by atoms with Crippen molar-refractivity contribution in [3.8, 4) is 0 Å². The summed E-state index contributed by atoms with van der Waals surface area (Å²) in [6.07, 6.45) is 3.03. The van der Waals surface area contributed by atoms with E-state index in [9.17, 15) is 9.59 Å². The predicted octanol–water partition coefficient (Wildman–Crippen LogP) is 2.52. The van der Waals surface area contributed by atoms with Crippen LogP contribution in [0.5, 0.6) is 0 Å². The van der Waals surface area contributed by atoms with E-state index in [1.165, 1.54) is 22.5 Å². The number of carbonyl (C=O) groups is 2. The lowest BCUT2D eigenvalue weighted by Gasteiger charge is -2.19. The van der Waals surface area contributed by atoms with Crippen LogP contribution in [0.3, 0.4) is 0 Å². The van der Waals surface area contributed by atoms with E-state index in [4.69, 9.17) is 9.52 Å². The number of amides is 2. The minimum atomic E-state index is -0.367. The molecule has 0 aliphatic heterocycles. The maximum atomic E-state index is 12.5. The Labute approximate surface area is 138 Å². The van der Waals surface area contributed by atoms with E-state index in [1.807, 2.05) is 0 Å². The molecular weight excluding hydrogens is 316 g/mol. The maximum absolute atomic E-state index is 12.5. The summed E-state index contributed by atoms with van der Waals surface area (Å²) in [5.74, 6) is -0.356. The first-order chi connectivity index (χ1) is 11.1. The summed E-state index contributed by atoms with van der Waals surface area (Å²) >= 11 is 1.19. The number of carbonyl (C=O) groups excluding carboxylic acids is 2. The predicted molar refractivity (Wildman–Crippen MR) is 88.9 cm³/mol. The van der Waals surface area contributed by atoms with Crippen molar-refractivity contribution < 1.29 is 19.1 Å². The third-order valence-corrected chi connectivity index (χ3v) is 4.24. The molecule has 2 aromatic heterocycles. The molecule has 2 N–H and O–H groups in total. The van der Waals surface area contributed by atoms with E-state index in [0.717, 1.165) is 5.56 Å². The molecule has 6 nitrogen and oxygen atoms in total. The first-order valence-electron chi connectivity index (χ1n) is 7.03. The second-order valence-electron chi connectivity index (χ2n) is 4.82. The van der Waals surface area contributed by atoms with Gasteiger partial charge < -0.3 is 19.7 Å². The number of rotatable bonds is 7. The van der Waals surface area contributed by atoms with Gasteiger partial charge in [0.25, 0.3) is 11.8 Å². The van der Waals surface area contributed by atoms with Crippen LogP contribution in [-0.2, 0) is 0 Å². The van der Waals surface area contributed by atoms with Gasteiger partial charge in [0.1, 0.15) is 0 Å². The van der Waals surface area contributed by atoms with Gasteiger partial charge in [-0.15, -0.1) is 17.9 Å². The van der Waals surface area contributed by atoms with Crippen LogP contribution in [0, 0.1) is 6.92 Å². The molecule has 122 valence electrons. The Balaban J connectivity index is 2.15. The summed E-state index contributed by atoms with van der Waals surface area (Å²) in [5, 5.41) is 12.3. The van der Waals surface area contributed by atoms with Crippen LogP contribution in [0.15, 0.2) is 41.5 Å². The summed E-state index contributed by atoms with van der Waals surface area (Å²) in [7, 11) is 0. The fraction of sp³-hybridized carbons (Fsp3) is 0.250. The van der Waals surface area contributed by atoms with Gasteiger partial charge in [-0.3, -0.25) is 9.59 Å². The standard InChI is InChI=1S/C16H18N2O4S/c1-3-6-18(7-8-19)16(21)14-11(2)10-13(23-14)17-15(20)12-5-4-9-22-12/h3-5,9-10,19H,1,6-8H2,2H3,(H,17,20). The molecular formula is C16H18N2O4S. The fourth-order valence-electron chi connectivity index (χ4n) is 2.03. The number of nitrogens with zero attached hydrogens (tertiary/aromatic N) is 1. The van der Waals surface area contributed by atoms with Gasteiger partial charge >= 0.3 is 0 Å². The normalized spacial score (nSPS) is 10.3. The number of anilines is 1. The topological polar surface area (TPSA) is 82.8 Å². The van der Waals surface area contributed by atoms with Gasteiger partial charge in [-0.25, -0.2) is 0 Å². The lowest BCUT2D eigenvalue weighted by molar-refractivity contribution is 0.0747. The summed E-state index contributed by atoms with van der Waals surface area (Å²) in [6.45, 7) is 5.88. The Morgan fingerprint density at radius 1 is 1.52 bits per heavy atom. The average Bonchev–Trinajstić information content (AvgIpc) is 3.16. The summed E-state index contributed by atoms with van der Waals surface area (Å²) in [5.41, 5.74) is 0.766. The van der Waals surface area contributed by atoms with Gasteiger partial charge in [0.05, 0.1) is 22.7 Å². The summed E-state index contributed by atoms with van der Waals surface area (Å²) in [4.78, 5) is 26.5. The number of thiophene rings is 1. The highest BCUT2D eigenvalue weighted by molar-refractivity contribution is 7.18. The van der Waals surface area contributed by atoms with Crippen LogP contribution in [0.1, 0.15) is 25.8 Å². The molecule has 0 aliphatic rings. The van der Waals surface area contributed by atoms with Crippen molar-refractivity contribution in [3.05, 3.63) is 53.3 Å². The average molecular weight is 334 g/mol. The monoisotopic (exact) mass is 334 g/mol. The first-order valence-corrected chi connectivity index (χ1v) is 7.84. The minimum Gasteiger partial charge on any atom is -0.459 e. The lowest BCUT2D eigenvalue weighted by Crippen LogP contribution is -2.33. The van der Waals surface area contributed by atoms with E-state index < -0.39 is 0 Å². The number of hydrogen-bond acceptors (Lipinski definition) is 5. The molecule has 2 amide bonds. The molecule has 0 saturated heterocycles. The Kier molecular flexibility index (Phi) is 5.72. The third kappa shape index (κ3) is 4.08. The molecule has 0 fully saturated rings. The van der Waals surface area contributed by atoms with Crippen LogP contribution >= 0.6 is 11.3 Å². The zero-order chi connectivity index (χ0) is 16.8. The van der Waals surface area contributed by atoms with Crippen molar-refractivity contribution in [2.75, 3.05) is 25.0 Å². The summed E-state index contributed by atoms with van der Waals surface area (Å²) in [6, 6.07) is 4.93. The van der Waals surface area contributed by atoms with E-state index in [-0.39, 0.29) is 30.7 Å². The zero-order valence-electron chi connectivity index (χ0n) is 12.7. The smallest absolute Gasteiger partial charge is 0.291 e. The van der Waals surface area contributed by atoms with Gasteiger partial charge in [0.2, 0.25) is 0 Å². The third-order valence-electron chi connectivity index (χ3n) is 3.10. The SMILES string of the molecule is C=CCN(CCO)C(=O)c1sc(NC(=O)c2ccco2)cc1C. The van der Waals surface area contributed by atoms with Crippen molar-refractivity contribution in [2.45, 2.75) is 6.92 Å². The molecule has 0 bridgehead atoms. The van der Waals surface area contributed by atoms with Crippen LogP contribution in [0.4, 0.5) is 5.00 Å². The van der Waals surface area contributed by atoms with Crippen molar-refractivity contribution in [1.82, 2.24) is 4.90 Å². The van der Waals surface area contributed by atoms with E-state index in [0.29, 0.717) is 16.4 Å². The highest BCUT2D eigenvalue weighted by atomic mass is 32.1. The minimum absolute atomic E-state index is 0.119. The van der Waals surface area contributed by atoms with Crippen molar-refractivity contribution in [1.29, 1.82) is 0 Å². The Morgan fingerprint density at radius 3 is 2.91 bits per heavy atom. The Morgan fingerprint density at radius 2 is 2.30 bits per heavy atom. The highest BCUT2D eigenvalue weighted by Crippen LogP contribution is 2.28. The van der Waals surface area contributed by atoms with Gasteiger partial charge in [-0.05, 0) is 30.7 Å². The molecule has 0 aliphatic carbocycles. The van der Waals surface area contributed by atoms with Gasteiger partial charge in [-0.2, -0.15) is 0 Å². The zero-order valence-corrected chi connectivity index (χ0v) is 13.6. The second-order valence-corrected chi connectivity index (χ2v) is 5.87. The van der Waals surface area contributed by atoms with Gasteiger partial charge in [-0.1, -0.05) is 6.08 Å². The van der Waals surface area contributed by atoms with Crippen molar-refractivity contribution in [2.24, 2.45) is 0 Å². The van der Waals surface area contributed by atoms with E-state index in [1.54, 1.807) is 31.2 Å². The van der Waals surface area contributed by atoms with Crippen molar-refractivity contribution in [3.63, 3.8) is 0 Å². The molecule has 23 heavy (non-hydrogen) atoms. The van der Waals surface area contributed by atoms with Crippen LogP contribution in [-0.4, -0.2) is 41.5 Å². The maximum Gasteiger partial charge on any atom is 0.291 e. The van der Waals surface area contributed by atoms with Crippen molar-refractivity contribution >= 4 is 28.2 Å². The lowest BCUT2D eigenvalue weighted by atomic mass is 10.2. The van der Waals surface area contributed by atoms with Gasteiger partial charge in [0.15, 0.2) is 5.76 Å². The molecule has 0 spiro atoms. The molecule has 2 heterocycles. The number of aliphatic hydroxyl groups excluding tert-OH is 1. The molecule has 0 atom stereocenters. The molecule has 0 unspecified atom stereocenters. The molecule has 0 radical (unpaired) electrons. The summed E-state index contributed by atoms with van der Waals surface area (Å²) < 4.78 is 5.03. The van der Waals surface area contributed by atoms with Gasteiger partial charge in [0, 0.05) is 13.1 Å². The second kappa shape index (κ2) is 7.75. The molecule has 0 aromatic carbocycles. The largest absolute Gasteiger partial charge is 0.459 e. The van der Waals surface area contributed by atoms with E-state index >= 15 is 0 Å².